The minimum Gasteiger partial charge on any atom is -0.477 e. The minimum absolute atomic E-state index is 0.0667. The Bertz CT molecular complexity index is 706. The molecule has 0 radical (unpaired) electrons. The number of aromatic carboxylic acids is 1. The Balaban J connectivity index is 1.76. The summed E-state index contributed by atoms with van der Waals surface area (Å²) in [6, 6.07) is 1.63. The molecule has 0 aliphatic carbocycles. The van der Waals surface area contributed by atoms with Crippen LogP contribution >= 0.6 is 0 Å². The van der Waals surface area contributed by atoms with Gasteiger partial charge < -0.3 is 25.0 Å². The van der Waals surface area contributed by atoms with Gasteiger partial charge in [0.25, 0.3) is 0 Å². The molecule has 2 aliphatic rings. The number of ether oxygens (including phenoxy) is 1. The van der Waals surface area contributed by atoms with Crippen LogP contribution in [0.25, 0.3) is 0 Å². The van der Waals surface area contributed by atoms with Gasteiger partial charge in [0.15, 0.2) is 5.69 Å². The van der Waals surface area contributed by atoms with Crippen molar-refractivity contribution in [2.24, 2.45) is 0 Å². The molecule has 0 spiro atoms. The van der Waals surface area contributed by atoms with E-state index in [-0.39, 0.29) is 11.8 Å². The lowest BCUT2D eigenvalue weighted by Gasteiger charge is -2.38. The second-order valence-corrected chi connectivity index (χ2v) is 7.64. The van der Waals surface area contributed by atoms with E-state index in [9.17, 15) is 14.7 Å². The molecule has 1 aromatic rings. The van der Waals surface area contributed by atoms with Crippen LogP contribution in [0.1, 0.15) is 43.4 Å². The van der Waals surface area contributed by atoms with Crippen molar-refractivity contribution in [1.29, 1.82) is 0 Å². The summed E-state index contributed by atoms with van der Waals surface area (Å²) in [6.07, 6.45) is 1.40. The number of amides is 1. The number of carbonyl (C=O) groups is 2. The van der Waals surface area contributed by atoms with Crippen LogP contribution in [-0.4, -0.2) is 65.4 Å². The summed E-state index contributed by atoms with van der Waals surface area (Å²) < 4.78 is 5.43. The van der Waals surface area contributed by atoms with E-state index in [0.717, 1.165) is 36.5 Å². The smallest absolute Gasteiger partial charge is 0.410 e. The first kappa shape index (κ1) is 18.3. The fraction of sp³-hybridized carbons (Fsp3) is 0.611. The highest BCUT2D eigenvalue weighted by atomic mass is 16.6. The van der Waals surface area contributed by atoms with Crippen LogP contribution in [0.15, 0.2) is 6.07 Å². The van der Waals surface area contributed by atoms with Crippen LogP contribution in [0, 0.1) is 0 Å². The van der Waals surface area contributed by atoms with Gasteiger partial charge in [-0.2, -0.15) is 0 Å². The number of aromatic nitrogens is 1. The van der Waals surface area contributed by atoms with Gasteiger partial charge in [0, 0.05) is 32.7 Å². The number of hydrogen-bond acceptors (Lipinski definition) is 6. The average molecular weight is 362 g/mol. The zero-order chi connectivity index (χ0) is 18.9. The highest BCUT2D eigenvalue weighted by Gasteiger charge is 2.28. The summed E-state index contributed by atoms with van der Waals surface area (Å²) in [5.74, 6) is -1.02. The predicted octanol–water partition coefficient (Wildman–Crippen LogP) is 2.20. The van der Waals surface area contributed by atoms with Crippen LogP contribution in [0.5, 0.6) is 0 Å². The Labute approximate surface area is 153 Å². The van der Waals surface area contributed by atoms with Crippen LogP contribution in [0.2, 0.25) is 0 Å². The molecule has 1 saturated heterocycles. The Hall–Kier alpha value is -2.51. The molecular weight excluding hydrogens is 336 g/mol. The summed E-state index contributed by atoms with van der Waals surface area (Å²) in [4.78, 5) is 31.7. The van der Waals surface area contributed by atoms with Crippen molar-refractivity contribution in [2.75, 3.05) is 42.9 Å². The molecule has 0 atom stereocenters. The number of nitrogens with zero attached hydrogens (tertiary/aromatic N) is 3. The van der Waals surface area contributed by atoms with Gasteiger partial charge in [-0.3, -0.25) is 0 Å². The Morgan fingerprint density at radius 2 is 1.92 bits per heavy atom. The van der Waals surface area contributed by atoms with Crippen molar-refractivity contribution < 1.29 is 19.4 Å². The number of carboxylic acids is 1. The molecule has 8 heteroatoms. The summed E-state index contributed by atoms with van der Waals surface area (Å²) in [5.41, 5.74) is 2.14. The van der Waals surface area contributed by atoms with Crippen LogP contribution in [-0.2, 0) is 11.2 Å². The number of hydrogen-bond donors (Lipinski definition) is 2. The van der Waals surface area contributed by atoms with E-state index >= 15 is 0 Å². The Kier molecular flexibility index (Phi) is 4.93. The topological polar surface area (TPSA) is 95.0 Å². The standard InChI is InChI=1S/C18H26N4O4/c1-18(2,3)26-17(25)22-9-7-21(8-10-22)14-11-13(16(23)24)20-12-5-4-6-19-15(12)14/h11,19H,4-10H2,1-3H3,(H,23,24). The summed E-state index contributed by atoms with van der Waals surface area (Å²) in [7, 11) is 0. The van der Waals surface area contributed by atoms with E-state index in [2.05, 4.69) is 15.2 Å². The largest absolute Gasteiger partial charge is 0.477 e. The molecule has 3 heterocycles. The normalized spacial score (nSPS) is 17.3. The molecule has 2 N–H and O–H groups in total. The number of pyridine rings is 1. The van der Waals surface area contributed by atoms with Crippen molar-refractivity contribution in [3.63, 3.8) is 0 Å². The van der Waals surface area contributed by atoms with Gasteiger partial charge in [-0.05, 0) is 39.7 Å². The maximum absolute atomic E-state index is 12.2. The zero-order valence-electron chi connectivity index (χ0n) is 15.5. The number of anilines is 2. The van der Waals surface area contributed by atoms with Crippen molar-refractivity contribution in [3.8, 4) is 0 Å². The fourth-order valence-electron chi connectivity index (χ4n) is 3.24. The second kappa shape index (κ2) is 7.01. The Morgan fingerprint density at radius 1 is 1.23 bits per heavy atom. The van der Waals surface area contributed by atoms with E-state index in [1.54, 1.807) is 11.0 Å². The van der Waals surface area contributed by atoms with E-state index in [1.165, 1.54) is 0 Å². The lowest BCUT2D eigenvalue weighted by Crippen LogP contribution is -2.50. The van der Waals surface area contributed by atoms with Crippen molar-refractivity contribution in [3.05, 3.63) is 17.5 Å². The lowest BCUT2D eigenvalue weighted by molar-refractivity contribution is 0.0240. The highest BCUT2D eigenvalue weighted by molar-refractivity contribution is 5.89. The van der Waals surface area contributed by atoms with Gasteiger partial charge in [-0.1, -0.05) is 0 Å². The first-order valence-corrected chi connectivity index (χ1v) is 8.98. The van der Waals surface area contributed by atoms with Gasteiger partial charge in [-0.15, -0.1) is 0 Å². The SMILES string of the molecule is CC(C)(C)OC(=O)N1CCN(c2cc(C(=O)O)nc3c2NCCC3)CC1. The molecule has 8 nitrogen and oxygen atoms in total. The van der Waals surface area contributed by atoms with Crippen LogP contribution in [0.3, 0.4) is 0 Å². The van der Waals surface area contributed by atoms with Gasteiger partial charge in [0.05, 0.1) is 17.1 Å². The summed E-state index contributed by atoms with van der Waals surface area (Å²) in [5, 5.41) is 12.7. The zero-order valence-corrected chi connectivity index (χ0v) is 15.5. The molecule has 0 aromatic carbocycles. The number of carbonyl (C=O) groups excluding carboxylic acids is 1. The van der Waals surface area contributed by atoms with Gasteiger partial charge >= 0.3 is 12.1 Å². The minimum atomic E-state index is -1.02. The molecular formula is C18H26N4O4. The molecule has 142 valence electrons. The lowest BCUT2D eigenvalue weighted by atomic mass is 10.1. The molecule has 0 unspecified atom stereocenters. The third-order valence-corrected chi connectivity index (χ3v) is 4.46. The van der Waals surface area contributed by atoms with Crippen molar-refractivity contribution in [1.82, 2.24) is 9.88 Å². The quantitative estimate of drug-likeness (QED) is 0.833. The molecule has 26 heavy (non-hydrogen) atoms. The van der Waals surface area contributed by atoms with Gasteiger partial charge in [-0.25, -0.2) is 14.6 Å². The molecule has 2 aliphatic heterocycles. The fourth-order valence-corrected chi connectivity index (χ4v) is 3.24. The van der Waals surface area contributed by atoms with E-state index in [0.29, 0.717) is 26.2 Å². The van der Waals surface area contributed by atoms with Gasteiger partial charge in [0.2, 0.25) is 0 Å². The van der Waals surface area contributed by atoms with E-state index < -0.39 is 11.6 Å². The molecule has 0 saturated carbocycles. The predicted molar refractivity (Wildman–Crippen MR) is 98.0 cm³/mol. The molecule has 0 bridgehead atoms. The van der Waals surface area contributed by atoms with Crippen LogP contribution < -0.4 is 10.2 Å². The van der Waals surface area contributed by atoms with E-state index in [4.69, 9.17) is 4.74 Å². The molecule has 1 amide bonds. The summed E-state index contributed by atoms with van der Waals surface area (Å²) >= 11 is 0. The van der Waals surface area contributed by atoms with Crippen molar-refractivity contribution >= 4 is 23.4 Å². The number of piperazine rings is 1. The summed E-state index contributed by atoms with van der Waals surface area (Å²) in [6.45, 7) is 8.72. The number of nitrogens with one attached hydrogen (secondary N) is 1. The second-order valence-electron chi connectivity index (χ2n) is 7.64. The van der Waals surface area contributed by atoms with Gasteiger partial charge in [0.1, 0.15) is 5.60 Å². The first-order valence-electron chi connectivity index (χ1n) is 8.98. The number of fused-ring (bicyclic) bond motifs is 1. The first-order chi connectivity index (χ1) is 12.2. The van der Waals surface area contributed by atoms with Crippen LogP contribution in [0.4, 0.5) is 16.2 Å². The number of rotatable bonds is 2. The maximum Gasteiger partial charge on any atom is 0.410 e. The third kappa shape index (κ3) is 4.00. The highest BCUT2D eigenvalue weighted by Crippen LogP contribution is 2.33. The monoisotopic (exact) mass is 362 g/mol. The molecule has 3 rings (SSSR count). The maximum atomic E-state index is 12.2. The van der Waals surface area contributed by atoms with Crippen molar-refractivity contribution in [2.45, 2.75) is 39.2 Å². The van der Waals surface area contributed by atoms with E-state index in [1.807, 2.05) is 20.8 Å². The molecule has 1 fully saturated rings. The molecule has 1 aromatic heterocycles. The average Bonchev–Trinajstić information content (AvgIpc) is 2.59. The number of carboxylic acid groups (broad SMARTS) is 1. The Morgan fingerprint density at radius 3 is 2.54 bits per heavy atom. The number of aryl methyl sites for hydroxylation is 1. The third-order valence-electron chi connectivity index (χ3n) is 4.46.